The van der Waals surface area contributed by atoms with Crippen molar-refractivity contribution < 1.29 is 14.4 Å². The molecule has 1 heterocycles. The Morgan fingerprint density at radius 1 is 1.07 bits per heavy atom. The smallest absolute Gasteiger partial charge is 0.337 e. The summed E-state index contributed by atoms with van der Waals surface area (Å²) in [5.41, 5.74) is 6.76. The lowest BCUT2D eigenvalue weighted by molar-refractivity contribution is 0.0600. The molecule has 0 bridgehead atoms. The zero-order chi connectivity index (χ0) is 20.1. The molecule has 0 atom stereocenters. The number of rotatable bonds is 6. The highest BCUT2D eigenvalue weighted by Crippen LogP contribution is 2.23. The number of ether oxygens (including phenoxy) is 1. The minimum Gasteiger partial charge on any atom is -0.465 e. The summed E-state index contributed by atoms with van der Waals surface area (Å²) in [6.45, 7) is 6.50. The summed E-state index contributed by atoms with van der Waals surface area (Å²) in [7, 11) is 1.39. The van der Waals surface area contributed by atoms with Gasteiger partial charge in [0.2, 0.25) is 0 Å². The van der Waals surface area contributed by atoms with Crippen molar-refractivity contribution in [3.8, 4) is 5.69 Å². The van der Waals surface area contributed by atoms with Crippen LogP contribution >= 0.6 is 0 Å². The van der Waals surface area contributed by atoms with E-state index >= 15 is 0 Å². The predicted octanol–water partition coefficient (Wildman–Crippen LogP) is 4.74. The van der Waals surface area contributed by atoms with Crippen LogP contribution in [0.3, 0.4) is 0 Å². The lowest BCUT2D eigenvalue weighted by atomic mass is 10.1. The van der Waals surface area contributed by atoms with E-state index in [4.69, 9.17) is 9.57 Å². The highest BCUT2D eigenvalue weighted by atomic mass is 16.6. The SMILES string of the molecule is COC(=O)c1ccc(-n2c(C)cc(/C=N/OCc3ccccc3)c2C)c(C)c1. The van der Waals surface area contributed by atoms with E-state index in [0.717, 1.165) is 33.8 Å². The number of esters is 1. The molecule has 5 nitrogen and oxygen atoms in total. The van der Waals surface area contributed by atoms with Crippen molar-refractivity contribution in [1.29, 1.82) is 0 Å². The molecule has 1 aromatic heterocycles. The normalized spacial score (nSPS) is 11.0. The number of carbonyl (C=O) groups is 1. The predicted molar refractivity (Wildman–Crippen MR) is 110 cm³/mol. The van der Waals surface area contributed by atoms with Gasteiger partial charge in [0.25, 0.3) is 0 Å². The van der Waals surface area contributed by atoms with Gasteiger partial charge in [-0.1, -0.05) is 35.5 Å². The molecule has 0 amide bonds. The Morgan fingerprint density at radius 2 is 1.82 bits per heavy atom. The van der Waals surface area contributed by atoms with Gasteiger partial charge in [-0.05, 0) is 56.2 Å². The van der Waals surface area contributed by atoms with Gasteiger partial charge in [-0.15, -0.1) is 0 Å². The Morgan fingerprint density at radius 3 is 2.50 bits per heavy atom. The molecule has 0 saturated carbocycles. The monoisotopic (exact) mass is 376 g/mol. The van der Waals surface area contributed by atoms with Crippen LogP contribution in [-0.4, -0.2) is 23.9 Å². The van der Waals surface area contributed by atoms with E-state index < -0.39 is 0 Å². The molecule has 5 heteroatoms. The van der Waals surface area contributed by atoms with E-state index in [1.807, 2.05) is 63.2 Å². The fourth-order valence-electron chi connectivity index (χ4n) is 3.22. The number of methoxy groups -OCH3 is 1. The second-order valence-electron chi connectivity index (χ2n) is 6.65. The van der Waals surface area contributed by atoms with Crippen molar-refractivity contribution in [2.24, 2.45) is 5.16 Å². The molecule has 144 valence electrons. The lowest BCUT2D eigenvalue weighted by Gasteiger charge is -2.13. The first-order chi connectivity index (χ1) is 13.5. The Labute approximate surface area is 165 Å². The minimum atomic E-state index is -0.334. The van der Waals surface area contributed by atoms with E-state index in [1.54, 1.807) is 12.3 Å². The third-order valence-corrected chi connectivity index (χ3v) is 4.67. The highest BCUT2D eigenvalue weighted by molar-refractivity contribution is 5.90. The Balaban J connectivity index is 1.80. The van der Waals surface area contributed by atoms with Crippen molar-refractivity contribution in [3.63, 3.8) is 0 Å². The van der Waals surface area contributed by atoms with Gasteiger partial charge in [-0.3, -0.25) is 0 Å². The maximum atomic E-state index is 11.7. The number of oxime groups is 1. The summed E-state index contributed by atoms with van der Waals surface area (Å²) < 4.78 is 6.95. The largest absolute Gasteiger partial charge is 0.465 e. The van der Waals surface area contributed by atoms with Crippen LogP contribution in [0.25, 0.3) is 5.69 Å². The molecule has 2 aromatic carbocycles. The quantitative estimate of drug-likeness (QED) is 0.355. The number of carbonyl (C=O) groups excluding carboxylic acids is 1. The van der Waals surface area contributed by atoms with Gasteiger partial charge in [0.15, 0.2) is 0 Å². The average Bonchev–Trinajstić information content (AvgIpc) is 2.99. The first-order valence-electron chi connectivity index (χ1n) is 9.09. The van der Waals surface area contributed by atoms with Crippen molar-refractivity contribution in [2.75, 3.05) is 7.11 Å². The van der Waals surface area contributed by atoms with Gasteiger partial charge in [-0.25, -0.2) is 4.79 Å². The minimum absolute atomic E-state index is 0.334. The maximum absolute atomic E-state index is 11.7. The van der Waals surface area contributed by atoms with Crippen LogP contribution in [0, 0.1) is 20.8 Å². The molecule has 3 aromatic rings. The van der Waals surface area contributed by atoms with Crippen molar-refractivity contribution in [3.05, 3.63) is 88.2 Å². The molecule has 0 aliphatic heterocycles. The zero-order valence-corrected chi connectivity index (χ0v) is 16.6. The summed E-state index contributed by atoms with van der Waals surface area (Å²) >= 11 is 0. The van der Waals surface area contributed by atoms with E-state index in [1.165, 1.54) is 7.11 Å². The average molecular weight is 376 g/mol. The van der Waals surface area contributed by atoms with Crippen LogP contribution in [-0.2, 0) is 16.2 Å². The summed E-state index contributed by atoms with van der Waals surface area (Å²) in [5.74, 6) is -0.334. The van der Waals surface area contributed by atoms with Crippen LogP contribution in [0.4, 0.5) is 0 Å². The first kappa shape index (κ1) is 19.4. The summed E-state index contributed by atoms with van der Waals surface area (Å²) in [6.07, 6.45) is 1.74. The Hall–Kier alpha value is -3.34. The van der Waals surface area contributed by atoms with E-state index in [2.05, 4.69) is 15.8 Å². The summed E-state index contributed by atoms with van der Waals surface area (Å²) in [6, 6.07) is 17.6. The maximum Gasteiger partial charge on any atom is 0.337 e. The molecule has 0 spiro atoms. The van der Waals surface area contributed by atoms with Gasteiger partial charge in [0.1, 0.15) is 6.61 Å². The number of nitrogens with zero attached hydrogens (tertiary/aromatic N) is 2. The Bertz CT molecular complexity index is 1000. The molecular weight excluding hydrogens is 352 g/mol. The molecular formula is C23H24N2O3. The van der Waals surface area contributed by atoms with Crippen molar-refractivity contribution in [1.82, 2.24) is 4.57 Å². The van der Waals surface area contributed by atoms with Gasteiger partial charge < -0.3 is 14.1 Å². The number of hydrogen-bond acceptors (Lipinski definition) is 4. The third-order valence-electron chi connectivity index (χ3n) is 4.67. The van der Waals surface area contributed by atoms with E-state index in [0.29, 0.717) is 12.2 Å². The number of aryl methyl sites for hydroxylation is 2. The van der Waals surface area contributed by atoms with Gasteiger partial charge in [0, 0.05) is 22.6 Å². The van der Waals surface area contributed by atoms with Crippen LogP contribution in [0.2, 0.25) is 0 Å². The second-order valence-corrected chi connectivity index (χ2v) is 6.65. The second kappa shape index (κ2) is 8.57. The molecule has 0 aliphatic carbocycles. The molecule has 0 aliphatic rings. The molecule has 0 fully saturated rings. The van der Waals surface area contributed by atoms with Crippen molar-refractivity contribution in [2.45, 2.75) is 27.4 Å². The van der Waals surface area contributed by atoms with Crippen LogP contribution in [0.15, 0.2) is 59.8 Å². The molecule has 0 N–H and O–H groups in total. The zero-order valence-electron chi connectivity index (χ0n) is 16.6. The van der Waals surface area contributed by atoms with Crippen molar-refractivity contribution >= 4 is 12.2 Å². The number of hydrogen-bond donors (Lipinski definition) is 0. The van der Waals surface area contributed by atoms with Crippen LogP contribution < -0.4 is 0 Å². The highest BCUT2D eigenvalue weighted by Gasteiger charge is 2.13. The lowest BCUT2D eigenvalue weighted by Crippen LogP contribution is -2.06. The van der Waals surface area contributed by atoms with E-state index in [9.17, 15) is 4.79 Å². The van der Waals surface area contributed by atoms with E-state index in [-0.39, 0.29) is 5.97 Å². The molecule has 3 rings (SSSR count). The fourth-order valence-corrected chi connectivity index (χ4v) is 3.22. The number of benzene rings is 2. The summed E-state index contributed by atoms with van der Waals surface area (Å²) in [5, 5.41) is 4.12. The third kappa shape index (κ3) is 4.14. The van der Waals surface area contributed by atoms with Crippen LogP contribution in [0.5, 0.6) is 0 Å². The van der Waals surface area contributed by atoms with Gasteiger partial charge in [0.05, 0.1) is 18.9 Å². The Kier molecular flexibility index (Phi) is 5.94. The molecule has 0 saturated heterocycles. The topological polar surface area (TPSA) is 52.8 Å². The molecule has 28 heavy (non-hydrogen) atoms. The van der Waals surface area contributed by atoms with Gasteiger partial charge in [-0.2, -0.15) is 0 Å². The first-order valence-corrected chi connectivity index (χ1v) is 9.09. The van der Waals surface area contributed by atoms with Crippen LogP contribution in [0.1, 0.15) is 38.4 Å². The summed E-state index contributed by atoms with van der Waals surface area (Å²) in [4.78, 5) is 17.2. The fraction of sp³-hybridized carbons (Fsp3) is 0.217. The van der Waals surface area contributed by atoms with Gasteiger partial charge >= 0.3 is 5.97 Å². The molecule has 0 radical (unpaired) electrons. The molecule has 0 unspecified atom stereocenters. The standard InChI is InChI=1S/C23H24N2O3/c1-16-12-20(23(26)27-4)10-11-22(16)25-17(2)13-21(18(25)3)14-24-28-15-19-8-6-5-7-9-19/h5-14H,15H2,1-4H3/b24-14+. The number of aromatic nitrogens is 1.